The third kappa shape index (κ3) is 3.29. The largest absolute Gasteiger partial charge is 0.497 e. The number of hydrogen-bond acceptors (Lipinski definition) is 4. The molecule has 0 saturated heterocycles. The molecule has 2 aromatic carbocycles. The highest BCUT2D eigenvalue weighted by molar-refractivity contribution is 6.09. The van der Waals surface area contributed by atoms with Gasteiger partial charge in [0.05, 0.1) is 18.0 Å². The van der Waals surface area contributed by atoms with Crippen LogP contribution in [0.3, 0.4) is 0 Å². The number of benzene rings is 2. The Morgan fingerprint density at radius 2 is 2.04 bits per heavy atom. The lowest BCUT2D eigenvalue weighted by Crippen LogP contribution is -2.13. The monoisotopic (exact) mass is 374 g/mol. The van der Waals surface area contributed by atoms with Crippen LogP contribution in [0.15, 0.2) is 48.5 Å². The number of anilines is 1. The average molecular weight is 374 g/mol. The molecule has 0 spiro atoms. The summed E-state index contributed by atoms with van der Waals surface area (Å²) in [4.78, 5) is 17.6. The van der Waals surface area contributed by atoms with E-state index in [4.69, 9.17) is 9.72 Å². The molecule has 0 unspecified atom stereocenters. The van der Waals surface area contributed by atoms with Gasteiger partial charge < -0.3 is 10.1 Å². The molecule has 0 fully saturated rings. The van der Waals surface area contributed by atoms with E-state index in [2.05, 4.69) is 36.4 Å². The smallest absolute Gasteiger partial charge is 0.257 e. The van der Waals surface area contributed by atoms with Gasteiger partial charge in [0.15, 0.2) is 11.5 Å². The van der Waals surface area contributed by atoms with Crippen molar-refractivity contribution in [3.8, 4) is 5.75 Å². The maximum atomic E-state index is 12.8. The summed E-state index contributed by atoms with van der Waals surface area (Å²) in [6.45, 7) is 4.87. The van der Waals surface area contributed by atoms with Crippen molar-refractivity contribution in [2.75, 3.05) is 12.4 Å². The molecule has 0 atom stereocenters. The van der Waals surface area contributed by atoms with Crippen molar-refractivity contribution in [3.63, 3.8) is 0 Å². The topological polar surface area (TPSA) is 69.0 Å². The van der Waals surface area contributed by atoms with Gasteiger partial charge in [0.25, 0.3) is 5.91 Å². The Labute approximate surface area is 163 Å². The van der Waals surface area contributed by atoms with E-state index in [0.717, 1.165) is 40.5 Å². The van der Waals surface area contributed by atoms with Crippen molar-refractivity contribution < 1.29 is 9.53 Å². The molecular weight excluding hydrogens is 352 g/mol. The van der Waals surface area contributed by atoms with Crippen LogP contribution in [0.4, 0.5) is 5.82 Å². The molecule has 2 aromatic heterocycles. The van der Waals surface area contributed by atoms with Gasteiger partial charge in [-0.2, -0.15) is 5.10 Å². The van der Waals surface area contributed by atoms with Gasteiger partial charge >= 0.3 is 0 Å². The highest BCUT2D eigenvalue weighted by atomic mass is 16.5. The Bertz CT molecular complexity index is 1180. The SMILES string of the molecule is CCCn1nc(NC(=O)c2cccc(OC)c2)c2cc3ccc(C)cc3nc21. The van der Waals surface area contributed by atoms with Crippen molar-refractivity contribution in [2.45, 2.75) is 26.8 Å². The molecule has 142 valence electrons. The fourth-order valence-electron chi connectivity index (χ4n) is 3.26. The van der Waals surface area contributed by atoms with Gasteiger partial charge in [-0.3, -0.25) is 4.79 Å². The summed E-state index contributed by atoms with van der Waals surface area (Å²) in [6, 6.07) is 15.3. The minimum atomic E-state index is -0.231. The second kappa shape index (κ2) is 7.31. The predicted molar refractivity (Wildman–Crippen MR) is 111 cm³/mol. The summed E-state index contributed by atoms with van der Waals surface area (Å²) in [6.07, 6.45) is 0.924. The molecule has 2 heterocycles. The van der Waals surface area contributed by atoms with Crippen LogP contribution in [0.2, 0.25) is 0 Å². The number of methoxy groups -OCH3 is 1. The lowest BCUT2D eigenvalue weighted by atomic mass is 10.1. The van der Waals surface area contributed by atoms with Crippen molar-refractivity contribution in [1.29, 1.82) is 0 Å². The lowest BCUT2D eigenvalue weighted by molar-refractivity contribution is 0.102. The number of nitrogens with one attached hydrogen (secondary N) is 1. The second-order valence-electron chi connectivity index (χ2n) is 6.81. The van der Waals surface area contributed by atoms with Crippen molar-refractivity contribution in [1.82, 2.24) is 14.8 Å². The zero-order valence-electron chi connectivity index (χ0n) is 16.2. The number of fused-ring (bicyclic) bond motifs is 2. The van der Waals surface area contributed by atoms with Crippen LogP contribution < -0.4 is 10.1 Å². The molecule has 1 N–H and O–H groups in total. The number of aryl methyl sites for hydroxylation is 2. The van der Waals surface area contributed by atoms with E-state index >= 15 is 0 Å². The Kier molecular flexibility index (Phi) is 4.69. The minimum Gasteiger partial charge on any atom is -0.497 e. The molecular formula is C22H22N4O2. The van der Waals surface area contributed by atoms with Gasteiger partial charge in [0, 0.05) is 17.5 Å². The van der Waals surface area contributed by atoms with Gasteiger partial charge in [-0.25, -0.2) is 9.67 Å². The average Bonchev–Trinajstić information content (AvgIpc) is 3.03. The van der Waals surface area contributed by atoms with Crippen LogP contribution in [0, 0.1) is 6.92 Å². The van der Waals surface area contributed by atoms with E-state index in [0.29, 0.717) is 17.1 Å². The van der Waals surface area contributed by atoms with Crippen LogP contribution in [0.5, 0.6) is 5.75 Å². The van der Waals surface area contributed by atoms with E-state index < -0.39 is 0 Å². The quantitative estimate of drug-likeness (QED) is 0.556. The first-order valence-corrected chi connectivity index (χ1v) is 9.32. The maximum absolute atomic E-state index is 12.8. The van der Waals surface area contributed by atoms with Crippen LogP contribution in [-0.4, -0.2) is 27.8 Å². The van der Waals surface area contributed by atoms with E-state index in [1.807, 2.05) is 16.8 Å². The molecule has 0 aliphatic rings. The Hall–Kier alpha value is -3.41. The first-order valence-electron chi connectivity index (χ1n) is 9.32. The summed E-state index contributed by atoms with van der Waals surface area (Å²) >= 11 is 0. The molecule has 4 rings (SSSR count). The number of amides is 1. The molecule has 4 aromatic rings. The molecule has 0 bridgehead atoms. The molecule has 0 radical (unpaired) electrons. The van der Waals surface area contributed by atoms with Crippen LogP contribution in [-0.2, 0) is 6.54 Å². The van der Waals surface area contributed by atoms with E-state index in [9.17, 15) is 4.79 Å². The summed E-state index contributed by atoms with van der Waals surface area (Å²) in [5.41, 5.74) is 3.38. The lowest BCUT2D eigenvalue weighted by Gasteiger charge is -2.05. The molecule has 6 heteroatoms. The molecule has 0 aliphatic heterocycles. The third-order valence-corrected chi connectivity index (χ3v) is 4.67. The predicted octanol–water partition coefficient (Wildman–Crippen LogP) is 4.56. The van der Waals surface area contributed by atoms with Crippen LogP contribution >= 0.6 is 0 Å². The van der Waals surface area contributed by atoms with E-state index in [1.165, 1.54) is 0 Å². The van der Waals surface area contributed by atoms with Crippen molar-refractivity contribution >= 4 is 33.7 Å². The normalized spacial score (nSPS) is 11.1. The summed E-state index contributed by atoms with van der Waals surface area (Å²) in [7, 11) is 1.58. The van der Waals surface area contributed by atoms with Gasteiger partial charge in [-0.05, 0) is 49.2 Å². The Balaban J connectivity index is 1.79. The molecule has 6 nitrogen and oxygen atoms in total. The number of ether oxygens (including phenoxy) is 1. The Morgan fingerprint density at radius 1 is 1.18 bits per heavy atom. The van der Waals surface area contributed by atoms with Crippen molar-refractivity contribution in [2.24, 2.45) is 0 Å². The minimum absolute atomic E-state index is 0.231. The number of hydrogen-bond donors (Lipinski definition) is 1. The highest BCUT2D eigenvalue weighted by Crippen LogP contribution is 2.27. The third-order valence-electron chi connectivity index (χ3n) is 4.67. The van der Waals surface area contributed by atoms with Gasteiger partial charge in [-0.1, -0.05) is 25.1 Å². The second-order valence-corrected chi connectivity index (χ2v) is 6.81. The summed E-state index contributed by atoms with van der Waals surface area (Å²) < 4.78 is 7.07. The highest BCUT2D eigenvalue weighted by Gasteiger charge is 2.16. The number of pyridine rings is 1. The first-order chi connectivity index (χ1) is 13.6. The number of nitrogens with zero attached hydrogens (tertiary/aromatic N) is 3. The summed E-state index contributed by atoms with van der Waals surface area (Å²) in [5.74, 6) is 0.925. The Morgan fingerprint density at radius 3 is 2.82 bits per heavy atom. The molecule has 0 aliphatic carbocycles. The molecule has 28 heavy (non-hydrogen) atoms. The zero-order chi connectivity index (χ0) is 19.7. The van der Waals surface area contributed by atoms with E-state index in [-0.39, 0.29) is 5.91 Å². The fourth-order valence-corrected chi connectivity index (χ4v) is 3.26. The van der Waals surface area contributed by atoms with Crippen LogP contribution in [0.25, 0.3) is 21.9 Å². The number of rotatable bonds is 5. The fraction of sp³-hybridized carbons (Fsp3) is 0.227. The zero-order valence-corrected chi connectivity index (χ0v) is 16.2. The first kappa shape index (κ1) is 18.0. The van der Waals surface area contributed by atoms with E-state index in [1.54, 1.807) is 31.4 Å². The number of aromatic nitrogens is 3. The van der Waals surface area contributed by atoms with Gasteiger partial charge in [0.1, 0.15) is 5.75 Å². The van der Waals surface area contributed by atoms with Crippen LogP contribution in [0.1, 0.15) is 29.3 Å². The number of carbonyl (C=O) groups is 1. The van der Waals surface area contributed by atoms with Gasteiger partial charge in [0.2, 0.25) is 0 Å². The van der Waals surface area contributed by atoms with Gasteiger partial charge in [-0.15, -0.1) is 0 Å². The standard InChI is InChI=1S/C22H22N4O2/c1-4-10-26-21-18(13-15-9-8-14(2)11-19(15)23-21)20(25-26)24-22(27)16-6-5-7-17(12-16)28-3/h5-9,11-13H,4,10H2,1-3H3,(H,24,25,27). The van der Waals surface area contributed by atoms with Crippen molar-refractivity contribution in [3.05, 3.63) is 59.7 Å². The molecule has 1 amide bonds. The maximum Gasteiger partial charge on any atom is 0.257 e. The number of carbonyl (C=O) groups excluding carboxylic acids is 1. The molecule has 0 saturated carbocycles. The summed E-state index contributed by atoms with van der Waals surface area (Å²) in [5, 5.41) is 9.42.